The molecular formula is C19H19N3O6. The summed E-state index contributed by atoms with van der Waals surface area (Å²) in [5.41, 5.74) is 5.47. The van der Waals surface area contributed by atoms with E-state index in [0.717, 1.165) is 6.07 Å². The highest BCUT2D eigenvalue weighted by molar-refractivity contribution is 6.00. The van der Waals surface area contributed by atoms with Crippen molar-refractivity contribution in [3.8, 4) is 17.6 Å². The molecule has 1 aromatic rings. The van der Waals surface area contributed by atoms with E-state index < -0.39 is 22.3 Å². The molecule has 0 saturated heterocycles. The number of aromatic hydroxyl groups is 1. The van der Waals surface area contributed by atoms with Crippen LogP contribution in [-0.4, -0.2) is 22.9 Å². The molecule has 0 aromatic heterocycles. The SMILES string of the molecule is COc1cc([C@@H]2C(C#N)=C(N)OC3=C2C(=O)CC(C)(C)C3)cc([N+](=O)[O-])c1O. The van der Waals surface area contributed by atoms with E-state index in [1.54, 1.807) is 0 Å². The largest absolute Gasteiger partial charge is 0.500 e. The van der Waals surface area contributed by atoms with Gasteiger partial charge in [-0.2, -0.15) is 5.26 Å². The van der Waals surface area contributed by atoms with E-state index in [1.165, 1.54) is 13.2 Å². The fourth-order valence-electron chi connectivity index (χ4n) is 3.69. The van der Waals surface area contributed by atoms with Crippen LogP contribution in [0, 0.1) is 26.9 Å². The Kier molecular flexibility index (Phi) is 4.51. The fraction of sp³-hybridized carbons (Fsp3) is 0.368. The number of Topliss-reactive ketones (excluding diaryl/α,β-unsaturated/α-hetero) is 1. The molecule has 1 heterocycles. The van der Waals surface area contributed by atoms with Crippen molar-refractivity contribution in [1.82, 2.24) is 0 Å². The number of hydrogen-bond donors (Lipinski definition) is 2. The van der Waals surface area contributed by atoms with Crippen LogP contribution in [0.4, 0.5) is 5.69 Å². The fourth-order valence-corrected chi connectivity index (χ4v) is 3.69. The minimum Gasteiger partial charge on any atom is -0.500 e. The highest BCUT2D eigenvalue weighted by Crippen LogP contribution is 2.50. The van der Waals surface area contributed by atoms with Crippen molar-refractivity contribution in [1.29, 1.82) is 5.26 Å². The van der Waals surface area contributed by atoms with Crippen molar-refractivity contribution in [2.45, 2.75) is 32.6 Å². The van der Waals surface area contributed by atoms with E-state index in [4.69, 9.17) is 15.2 Å². The molecule has 1 aliphatic carbocycles. The van der Waals surface area contributed by atoms with E-state index in [0.29, 0.717) is 12.2 Å². The van der Waals surface area contributed by atoms with Crippen LogP contribution in [0.1, 0.15) is 38.2 Å². The average Bonchev–Trinajstić information content (AvgIpc) is 2.59. The summed E-state index contributed by atoms with van der Waals surface area (Å²) < 4.78 is 10.6. The highest BCUT2D eigenvalue weighted by Gasteiger charge is 2.43. The van der Waals surface area contributed by atoms with Gasteiger partial charge in [-0.3, -0.25) is 14.9 Å². The number of allylic oxidation sites excluding steroid dienone is 3. The molecule has 146 valence electrons. The zero-order chi connectivity index (χ0) is 20.8. The number of carbonyl (C=O) groups excluding carboxylic acids is 1. The molecule has 0 fully saturated rings. The second kappa shape index (κ2) is 6.56. The normalized spacial score (nSPS) is 20.9. The minimum atomic E-state index is -0.939. The van der Waals surface area contributed by atoms with Crippen molar-refractivity contribution >= 4 is 11.5 Å². The van der Waals surface area contributed by atoms with E-state index in [-0.39, 0.29) is 46.0 Å². The van der Waals surface area contributed by atoms with Crippen molar-refractivity contribution in [3.05, 3.63) is 50.6 Å². The molecule has 3 rings (SSSR count). The Hall–Kier alpha value is -3.54. The Balaban J connectivity index is 2.28. The van der Waals surface area contributed by atoms with E-state index in [1.807, 2.05) is 19.9 Å². The minimum absolute atomic E-state index is 0.0196. The smallest absolute Gasteiger partial charge is 0.314 e. The molecular weight excluding hydrogens is 366 g/mol. The lowest BCUT2D eigenvalue weighted by atomic mass is 9.70. The first-order valence-corrected chi connectivity index (χ1v) is 8.48. The van der Waals surface area contributed by atoms with E-state index in [2.05, 4.69) is 0 Å². The molecule has 9 nitrogen and oxygen atoms in total. The topological polar surface area (TPSA) is 149 Å². The predicted molar refractivity (Wildman–Crippen MR) is 97.0 cm³/mol. The standard InChI is InChI=1S/C19H19N3O6/c1-19(2)6-12(23)16-14(7-19)28-18(21)10(8-20)15(16)9-4-11(22(25)26)17(24)13(5-9)27-3/h4-5,15,24H,6-7,21H2,1-3H3/t15-/m1/s1. The number of methoxy groups -OCH3 is 1. The number of nitrogens with two attached hydrogens (primary N) is 1. The summed E-state index contributed by atoms with van der Waals surface area (Å²) in [7, 11) is 1.25. The number of ketones is 1. The van der Waals surface area contributed by atoms with Gasteiger partial charge in [-0.15, -0.1) is 0 Å². The Bertz CT molecular complexity index is 1000. The summed E-state index contributed by atoms with van der Waals surface area (Å²) in [6.45, 7) is 3.84. The van der Waals surface area contributed by atoms with Gasteiger partial charge < -0.3 is 20.3 Å². The molecule has 0 spiro atoms. The average molecular weight is 385 g/mol. The first-order chi connectivity index (χ1) is 13.1. The Morgan fingerprint density at radius 3 is 2.68 bits per heavy atom. The molecule has 9 heteroatoms. The van der Waals surface area contributed by atoms with Gasteiger partial charge in [-0.1, -0.05) is 13.8 Å². The molecule has 3 N–H and O–H groups in total. The quantitative estimate of drug-likeness (QED) is 0.596. The van der Waals surface area contributed by atoms with Crippen molar-refractivity contribution < 1.29 is 24.3 Å². The van der Waals surface area contributed by atoms with Gasteiger partial charge >= 0.3 is 5.69 Å². The predicted octanol–water partition coefficient (Wildman–Crippen LogP) is 2.76. The highest BCUT2D eigenvalue weighted by atomic mass is 16.6. The lowest BCUT2D eigenvalue weighted by molar-refractivity contribution is -0.386. The van der Waals surface area contributed by atoms with Crippen molar-refractivity contribution in [2.75, 3.05) is 7.11 Å². The molecule has 1 aliphatic heterocycles. The van der Waals surface area contributed by atoms with Gasteiger partial charge in [0.15, 0.2) is 11.5 Å². The van der Waals surface area contributed by atoms with Gasteiger partial charge in [0.2, 0.25) is 11.6 Å². The van der Waals surface area contributed by atoms with Crippen LogP contribution < -0.4 is 10.5 Å². The second-order valence-corrected chi connectivity index (χ2v) is 7.55. The Morgan fingerprint density at radius 1 is 1.43 bits per heavy atom. The molecule has 1 atom stereocenters. The van der Waals surface area contributed by atoms with Gasteiger partial charge in [0.25, 0.3) is 0 Å². The Morgan fingerprint density at radius 2 is 2.11 bits per heavy atom. The molecule has 1 aromatic carbocycles. The van der Waals surface area contributed by atoms with Gasteiger partial charge in [-0.25, -0.2) is 0 Å². The van der Waals surface area contributed by atoms with Crippen LogP contribution in [0.15, 0.2) is 34.9 Å². The molecule has 28 heavy (non-hydrogen) atoms. The lowest BCUT2D eigenvalue weighted by Gasteiger charge is -2.37. The number of phenols is 1. The molecule has 0 unspecified atom stereocenters. The molecule has 0 saturated carbocycles. The molecule has 0 bridgehead atoms. The maximum atomic E-state index is 12.9. The van der Waals surface area contributed by atoms with Crippen molar-refractivity contribution in [2.24, 2.45) is 11.1 Å². The number of nitrogens with zero attached hydrogens (tertiary/aromatic N) is 2. The van der Waals surface area contributed by atoms with Crippen LogP contribution in [0.3, 0.4) is 0 Å². The summed E-state index contributed by atoms with van der Waals surface area (Å²) in [5.74, 6) is -1.72. The summed E-state index contributed by atoms with van der Waals surface area (Å²) in [6, 6.07) is 4.43. The van der Waals surface area contributed by atoms with Gasteiger partial charge in [0, 0.05) is 24.5 Å². The number of nitriles is 1. The third kappa shape index (κ3) is 3.03. The number of nitro groups is 1. The number of benzene rings is 1. The van der Waals surface area contributed by atoms with Crippen LogP contribution in [0.5, 0.6) is 11.5 Å². The molecule has 0 radical (unpaired) electrons. The number of phenolic OH excluding ortho intramolecular Hbond substituents is 1. The number of carbonyl (C=O) groups is 1. The van der Waals surface area contributed by atoms with E-state index >= 15 is 0 Å². The van der Waals surface area contributed by atoms with Crippen LogP contribution >= 0.6 is 0 Å². The van der Waals surface area contributed by atoms with Crippen molar-refractivity contribution in [3.63, 3.8) is 0 Å². The number of hydrogen-bond acceptors (Lipinski definition) is 8. The van der Waals surface area contributed by atoms with Gasteiger partial charge in [0.1, 0.15) is 17.4 Å². The first-order valence-electron chi connectivity index (χ1n) is 8.48. The summed E-state index contributed by atoms with van der Waals surface area (Å²) in [4.78, 5) is 23.5. The lowest BCUT2D eigenvalue weighted by Crippen LogP contribution is -2.33. The van der Waals surface area contributed by atoms with Crippen LogP contribution in [0.2, 0.25) is 0 Å². The maximum absolute atomic E-state index is 12.9. The van der Waals surface area contributed by atoms with Crippen LogP contribution in [0.25, 0.3) is 0 Å². The molecule has 0 amide bonds. The summed E-state index contributed by atoms with van der Waals surface area (Å²) in [5, 5.41) is 31.0. The first kappa shape index (κ1) is 19.2. The zero-order valence-corrected chi connectivity index (χ0v) is 15.6. The monoisotopic (exact) mass is 385 g/mol. The number of ether oxygens (including phenoxy) is 2. The Labute approximate surface area is 160 Å². The van der Waals surface area contributed by atoms with Gasteiger partial charge in [0.05, 0.1) is 18.0 Å². The summed E-state index contributed by atoms with van der Waals surface area (Å²) in [6.07, 6.45) is 0.670. The number of rotatable bonds is 3. The third-order valence-corrected chi connectivity index (χ3v) is 4.90. The zero-order valence-electron chi connectivity index (χ0n) is 15.6. The maximum Gasteiger partial charge on any atom is 0.314 e. The van der Waals surface area contributed by atoms with Crippen LogP contribution in [-0.2, 0) is 9.53 Å². The summed E-state index contributed by atoms with van der Waals surface area (Å²) >= 11 is 0. The second-order valence-electron chi connectivity index (χ2n) is 7.55. The van der Waals surface area contributed by atoms with E-state index in [9.17, 15) is 25.3 Å². The van der Waals surface area contributed by atoms with Gasteiger partial charge in [-0.05, 0) is 17.0 Å². The molecule has 2 aliphatic rings. The number of nitro benzene ring substituents is 1. The third-order valence-electron chi connectivity index (χ3n) is 4.90.